The third kappa shape index (κ3) is 2.67. The summed E-state index contributed by atoms with van der Waals surface area (Å²) in [5, 5.41) is 18.9. The van der Waals surface area contributed by atoms with E-state index in [1.54, 1.807) is 0 Å². The first-order valence-corrected chi connectivity index (χ1v) is 7.31. The third-order valence-corrected chi connectivity index (χ3v) is 4.90. The molecule has 2 aliphatic rings. The Kier molecular flexibility index (Phi) is 4.34. The summed E-state index contributed by atoms with van der Waals surface area (Å²) >= 11 is 0. The van der Waals surface area contributed by atoms with Gasteiger partial charge in [0.15, 0.2) is 0 Å². The van der Waals surface area contributed by atoms with Crippen LogP contribution in [-0.2, 0) is 9.59 Å². The highest BCUT2D eigenvalue weighted by molar-refractivity contribution is 5.88. The number of aliphatic carboxylic acids is 1. The number of rotatable bonds is 3. The van der Waals surface area contributed by atoms with E-state index in [1.165, 1.54) is 4.90 Å². The van der Waals surface area contributed by atoms with Crippen LogP contribution in [0, 0.1) is 11.3 Å². The van der Waals surface area contributed by atoms with Crippen molar-refractivity contribution in [3.63, 3.8) is 0 Å². The lowest BCUT2D eigenvalue weighted by Gasteiger charge is -2.40. The first kappa shape index (κ1) is 15.3. The molecule has 2 fully saturated rings. The molecule has 6 nitrogen and oxygen atoms in total. The number of carboxylic acid groups (broad SMARTS) is 1. The Morgan fingerprint density at radius 3 is 2.45 bits per heavy atom. The van der Waals surface area contributed by atoms with Gasteiger partial charge in [0.25, 0.3) is 0 Å². The van der Waals surface area contributed by atoms with Gasteiger partial charge in [-0.2, -0.15) is 0 Å². The van der Waals surface area contributed by atoms with Crippen molar-refractivity contribution < 1.29 is 19.8 Å². The zero-order valence-electron chi connectivity index (χ0n) is 11.9. The summed E-state index contributed by atoms with van der Waals surface area (Å²) < 4.78 is 0. The van der Waals surface area contributed by atoms with Crippen molar-refractivity contribution in [3.05, 3.63) is 0 Å². The molecule has 1 saturated carbocycles. The Morgan fingerprint density at radius 1 is 1.35 bits per heavy atom. The lowest BCUT2D eigenvalue weighted by Crippen LogP contribution is -2.52. The number of likely N-dealkylation sites (tertiary alicyclic amines) is 1. The normalized spacial score (nSPS) is 38.0. The van der Waals surface area contributed by atoms with E-state index >= 15 is 0 Å². The minimum absolute atomic E-state index is 0.104. The van der Waals surface area contributed by atoms with E-state index in [9.17, 15) is 19.8 Å². The van der Waals surface area contributed by atoms with Crippen molar-refractivity contribution in [2.24, 2.45) is 17.1 Å². The van der Waals surface area contributed by atoms with Gasteiger partial charge in [0.05, 0.1) is 11.5 Å². The number of carbonyl (C=O) groups excluding carboxylic acids is 1. The van der Waals surface area contributed by atoms with Gasteiger partial charge in [0.2, 0.25) is 5.91 Å². The first-order chi connectivity index (χ1) is 9.39. The second-order valence-electron chi connectivity index (χ2n) is 6.37. The number of hydrogen-bond donors (Lipinski definition) is 3. The molecular formula is C14H24N2O4. The van der Waals surface area contributed by atoms with Gasteiger partial charge in [0, 0.05) is 19.5 Å². The molecule has 0 bridgehead atoms. The molecule has 1 aliphatic heterocycles. The molecule has 0 aromatic carbocycles. The van der Waals surface area contributed by atoms with Gasteiger partial charge in [-0.15, -0.1) is 0 Å². The topological polar surface area (TPSA) is 104 Å². The number of amides is 1. The summed E-state index contributed by atoms with van der Waals surface area (Å²) in [6.07, 6.45) is 2.66. The van der Waals surface area contributed by atoms with Crippen molar-refractivity contribution >= 4 is 11.9 Å². The maximum Gasteiger partial charge on any atom is 0.326 e. The monoisotopic (exact) mass is 284 g/mol. The zero-order chi connectivity index (χ0) is 14.9. The molecule has 2 rings (SSSR count). The van der Waals surface area contributed by atoms with Crippen LogP contribution in [0.5, 0.6) is 0 Å². The fourth-order valence-electron chi connectivity index (χ4n) is 3.40. The molecule has 114 valence electrons. The molecule has 1 aliphatic carbocycles. The lowest BCUT2D eigenvalue weighted by atomic mass is 9.70. The van der Waals surface area contributed by atoms with Crippen molar-refractivity contribution in [2.75, 3.05) is 13.1 Å². The van der Waals surface area contributed by atoms with Crippen LogP contribution in [0.2, 0.25) is 0 Å². The minimum atomic E-state index is -1.05. The maximum absolute atomic E-state index is 12.8. The molecule has 6 heteroatoms. The van der Waals surface area contributed by atoms with Gasteiger partial charge in [0.1, 0.15) is 6.04 Å². The molecule has 4 N–H and O–H groups in total. The average molecular weight is 284 g/mol. The van der Waals surface area contributed by atoms with Gasteiger partial charge in [-0.3, -0.25) is 4.79 Å². The van der Waals surface area contributed by atoms with Gasteiger partial charge in [-0.25, -0.2) is 4.79 Å². The molecule has 1 saturated heterocycles. The minimum Gasteiger partial charge on any atom is -0.480 e. The van der Waals surface area contributed by atoms with Crippen LogP contribution in [0.15, 0.2) is 0 Å². The number of carbonyl (C=O) groups is 2. The second-order valence-corrected chi connectivity index (χ2v) is 6.37. The lowest BCUT2D eigenvalue weighted by molar-refractivity contribution is -0.154. The summed E-state index contributed by atoms with van der Waals surface area (Å²) in [6.45, 7) is 2.51. The summed E-state index contributed by atoms with van der Waals surface area (Å²) in [5.41, 5.74) is 5.22. The van der Waals surface area contributed by atoms with Gasteiger partial charge >= 0.3 is 5.97 Å². The predicted molar refractivity (Wildman–Crippen MR) is 72.9 cm³/mol. The van der Waals surface area contributed by atoms with Crippen LogP contribution >= 0.6 is 0 Å². The Labute approximate surface area is 118 Å². The molecular weight excluding hydrogens is 260 g/mol. The van der Waals surface area contributed by atoms with Crippen molar-refractivity contribution in [3.8, 4) is 0 Å². The molecule has 0 unspecified atom stereocenters. The van der Waals surface area contributed by atoms with Crippen molar-refractivity contribution in [1.29, 1.82) is 0 Å². The van der Waals surface area contributed by atoms with Crippen molar-refractivity contribution in [2.45, 2.75) is 51.2 Å². The van der Waals surface area contributed by atoms with Crippen molar-refractivity contribution in [1.82, 2.24) is 4.90 Å². The molecule has 0 aromatic heterocycles. The van der Waals surface area contributed by atoms with Gasteiger partial charge < -0.3 is 20.8 Å². The molecule has 0 radical (unpaired) electrons. The number of nitrogens with two attached hydrogens (primary N) is 1. The Hall–Kier alpha value is -1.14. The molecule has 0 aromatic rings. The molecule has 20 heavy (non-hydrogen) atoms. The third-order valence-electron chi connectivity index (χ3n) is 4.90. The largest absolute Gasteiger partial charge is 0.480 e. The van der Waals surface area contributed by atoms with Crippen LogP contribution in [0.1, 0.15) is 39.0 Å². The number of carboxylic acids is 1. The van der Waals surface area contributed by atoms with Gasteiger partial charge in [-0.1, -0.05) is 6.92 Å². The van der Waals surface area contributed by atoms with E-state index in [0.717, 1.165) is 12.8 Å². The average Bonchev–Trinajstić information content (AvgIpc) is 2.81. The van der Waals surface area contributed by atoms with Crippen LogP contribution in [0.25, 0.3) is 0 Å². The zero-order valence-corrected chi connectivity index (χ0v) is 11.9. The van der Waals surface area contributed by atoms with E-state index in [0.29, 0.717) is 18.8 Å². The van der Waals surface area contributed by atoms with E-state index in [2.05, 4.69) is 6.92 Å². The predicted octanol–water partition coefficient (Wildman–Crippen LogP) is 0.188. The fraction of sp³-hybridized carbons (Fsp3) is 0.857. The quantitative estimate of drug-likeness (QED) is 0.686. The van der Waals surface area contributed by atoms with Crippen LogP contribution in [0.4, 0.5) is 0 Å². The van der Waals surface area contributed by atoms with E-state index in [4.69, 9.17) is 5.73 Å². The summed E-state index contributed by atoms with van der Waals surface area (Å²) in [4.78, 5) is 25.4. The van der Waals surface area contributed by atoms with Crippen LogP contribution < -0.4 is 5.73 Å². The second kappa shape index (κ2) is 5.69. The Bertz CT molecular complexity index is 391. The highest BCUT2D eigenvalue weighted by atomic mass is 16.4. The Morgan fingerprint density at radius 2 is 1.95 bits per heavy atom. The van der Waals surface area contributed by atoms with E-state index in [-0.39, 0.29) is 25.4 Å². The number of aliphatic hydroxyl groups is 1. The summed E-state index contributed by atoms with van der Waals surface area (Å²) in [5.74, 6) is -0.649. The number of aliphatic hydroxyl groups excluding tert-OH is 1. The molecule has 1 heterocycles. The van der Waals surface area contributed by atoms with Crippen LogP contribution in [0.3, 0.4) is 0 Å². The summed E-state index contributed by atoms with van der Waals surface area (Å²) in [7, 11) is 0. The van der Waals surface area contributed by atoms with E-state index in [1.807, 2.05) is 0 Å². The van der Waals surface area contributed by atoms with E-state index < -0.39 is 23.5 Å². The summed E-state index contributed by atoms with van der Waals surface area (Å²) in [6, 6.07) is -0.916. The molecule has 1 amide bonds. The Balaban J connectivity index is 2.18. The number of hydrogen-bond acceptors (Lipinski definition) is 4. The number of β-amino-alcohol motifs (C(OH)–C–C–N with tert-alkyl or cyclic N) is 1. The van der Waals surface area contributed by atoms with Crippen LogP contribution in [-0.4, -0.2) is 52.2 Å². The number of nitrogens with zero attached hydrogens (tertiary/aromatic N) is 1. The highest BCUT2D eigenvalue weighted by Gasteiger charge is 2.48. The maximum atomic E-state index is 12.8. The first-order valence-electron chi connectivity index (χ1n) is 7.31. The molecule has 0 spiro atoms. The SMILES string of the molecule is CC1CCC(CN)(C(=O)N2C[C@H](O)C[C@H]2C(=O)O)CC1. The standard InChI is InChI=1S/C14H24N2O4/c1-9-2-4-14(8-15,5-3-9)13(20)16-7-10(17)6-11(16)12(18)19/h9-11,17H,2-8,15H2,1H3,(H,18,19)/t9?,10-,11+,14?/m1/s1. The molecule has 2 atom stereocenters. The highest BCUT2D eigenvalue weighted by Crippen LogP contribution is 2.40. The fourth-order valence-corrected chi connectivity index (χ4v) is 3.40. The van der Waals surface area contributed by atoms with Gasteiger partial charge in [-0.05, 0) is 31.6 Å². The smallest absolute Gasteiger partial charge is 0.326 e.